The van der Waals surface area contributed by atoms with Gasteiger partial charge in [-0.15, -0.1) is 0 Å². The van der Waals surface area contributed by atoms with E-state index in [9.17, 15) is 14.4 Å². The number of fused-ring (bicyclic) bond motifs is 1. The molecule has 3 rings (SSSR count). The van der Waals surface area contributed by atoms with Crippen LogP contribution < -0.4 is 15.1 Å². The zero-order chi connectivity index (χ0) is 15.9. The largest absolute Gasteiger partial charge is 0.434 e. The summed E-state index contributed by atoms with van der Waals surface area (Å²) in [4.78, 5) is 36.8. The van der Waals surface area contributed by atoms with Crippen LogP contribution in [0.3, 0.4) is 0 Å². The van der Waals surface area contributed by atoms with Crippen molar-refractivity contribution in [3.8, 4) is 0 Å². The van der Waals surface area contributed by atoms with Crippen LogP contribution in [0.5, 0.6) is 0 Å². The maximum atomic E-state index is 11.9. The molecule has 1 atom stereocenters. The molecule has 2 aromatic rings. The van der Waals surface area contributed by atoms with E-state index in [0.717, 1.165) is 21.6 Å². The second-order valence-electron chi connectivity index (χ2n) is 4.86. The van der Waals surface area contributed by atoms with Crippen LogP contribution in [0.1, 0.15) is 6.92 Å². The number of rotatable bonds is 3. The number of amides is 2. The van der Waals surface area contributed by atoms with E-state index in [0.29, 0.717) is 12.2 Å². The zero-order valence-corrected chi connectivity index (χ0v) is 13.0. The molecule has 1 aromatic heterocycles. The number of thiazole rings is 1. The molecular weight excluding hydrogens is 306 g/mol. The van der Waals surface area contributed by atoms with Gasteiger partial charge >= 0.3 is 11.0 Å². The Morgan fingerprint density at radius 3 is 2.91 bits per heavy atom. The predicted octanol–water partition coefficient (Wildman–Crippen LogP) is 1.15. The molecule has 1 N–H and O–H groups in total. The molecule has 2 amide bonds. The zero-order valence-electron chi connectivity index (χ0n) is 12.2. The maximum absolute atomic E-state index is 11.9. The van der Waals surface area contributed by atoms with Gasteiger partial charge in [0.2, 0.25) is 0 Å². The molecule has 0 bridgehead atoms. The summed E-state index contributed by atoms with van der Waals surface area (Å²) >= 11 is 1.14. The van der Waals surface area contributed by atoms with Crippen LogP contribution in [0.25, 0.3) is 10.2 Å². The highest BCUT2D eigenvalue weighted by Crippen LogP contribution is 2.27. The first kappa shape index (κ1) is 14.6. The lowest BCUT2D eigenvalue weighted by molar-refractivity contribution is -0.127. The fourth-order valence-corrected chi connectivity index (χ4v) is 3.48. The highest BCUT2D eigenvalue weighted by atomic mass is 32.1. The molecule has 116 valence electrons. The minimum atomic E-state index is -0.813. The third-order valence-corrected chi connectivity index (χ3v) is 4.57. The first-order chi connectivity index (χ1) is 10.5. The molecule has 0 aliphatic carbocycles. The number of aryl methyl sites for hydroxylation is 1. The number of carbonyl (C=O) groups excluding carboxylic acids is 2. The molecule has 22 heavy (non-hydrogen) atoms. The number of hydrogen-bond acceptors (Lipinski definition) is 5. The van der Waals surface area contributed by atoms with E-state index in [1.54, 1.807) is 16.7 Å². The number of ether oxygens (including phenoxy) is 1. The quantitative estimate of drug-likeness (QED) is 0.920. The second kappa shape index (κ2) is 5.45. The van der Waals surface area contributed by atoms with E-state index >= 15 is 0 Å². The van der Waals surface area contributed by atoms with Gasteiger partial charge in [-0.3, -0.25) is 19.1 Å². The number of benzene rings is 1. The van der Waals surface area contributed by atoms with Crippen molar-refractivity contribution < 1.29 is 14.3 Å². The van der Waals surface area contributed by atoms with Gasteiger partial charge in [0.25, 0.3) is 5.91 Å². The molecule has 0 saturated carbocycles. The molecule has 1 saturated heterocycles. The van der Waals surface area contributed by atoms with Gasteiger partial charge in [0.1, 0.15) is 0 Å². The summed E-state index contributed by atoms with van der Waals surface area (Å²) in [7, 11) is 1.50. The predicted molar refractivity (Wildman–Crippen MR) is 83.4 cm³/mol. The van der Waals surface area contributed by atoms with Gasteiger partial charge in [-0.2, -0.15) is 0 Å². The monoisotopic (exact) mass is 321 g/mol. The van der Waals surface area contributed by atoms with Crippen molar-refractivity contribution in [1.82, 2.24) is 9.88 Å². The molecular formula is C14H15N3O4S. The number of likely N-dealkylation sites (N-methyl/N-ethyl adjacent to an activating group) is 1. The van der Waals surface area contributed by atoms with Crippen LogP contribution >= 0.6 is 11.3 Å². The van der Waals surface area contributed by atoms with E-state index in [4.69, 9.17) is 4.74 Å². The van der Waals surface area contributed by atoms with E-state index in [1.165, 1.54) is 11.9 Å². The highest BCUT2D eigenvalue weighted by molar-refractivity contribution is 7.16. The molecule has 1 aromatic carbocycles. The van der Waals surface area contributed by atoms with Gasteiger partial charge in [0.15, 0.2) is 6.10 Å². The Labute approximate surface area is 130 Å². The average molecular weight is 321 g/mol. The van der Waals surface area contributed by atoms with Crippen molar-refractivity contribution >= 4 is 39.2 Å². The fourth-order valence-electron chi connectivity index (χ4n) is 2.49. The van der Waals surface area contributed by atoms with Crippen LogP contribution in [0.2, 0.25) is 0 Å². The number of nitrogens with zero attached hydrogens (tertiary/aromatic N) is 2. The van der Waals surface area contributed by atoms with Crippen molar-refractivity contribution in [3.63, 3.8) is 0 Å². The number of cyclic esters (lactones) is 1. The highest BCUT2D eigenvalue weighted by Gasteiger charge is 2.36. The number of nitrogens with one attached hydrogen (secondary N) is 1. The molecule has 0 spiro atoms. The van der Waals surface area contributed by atoms with Gasteiger partial charge in [-0.05, 0) is 25.1 Å². The van der Waals surface area contributed by atoms with Crippen LogP contribution in [0.15, 0.2) is 23.0 Å². The molecule has 1 aliphatic heterocycles. The van der Waals surface area contributed by atoms with Crippen molar-refractivity contribution in [2.24, 2.45) is 0 Å². The average Bonchev–Trinajstić information content (AvgIpc) is 3.04. The smallest absolute Gasteiger partial charge is 0.415 e. The van der Waals surface area contributed by atoms with Crippen LogP contribution in [-0.4, -0.2) is 36.3 Å². The van der Waals surface area contributed by atoms with Crippen LogP contribution in [-0.2, 0) is 16.1 Å². The lowest BCUT2D eigenvalue weighted by atomic mass is 10.2. The SMILES string of the molecule is CCn1c(=O)sc2cc(N3C[C@H](C(=O)NC)OC3=O)ccc21. The molecule has 8 heteroatoms. The van der Waals surface area contributed by atoms with Gasteiger partial charge in [0.05, 0.1) is 16.8 Å². The van der Waals surface area contributed by atoms with Crippen LogP contribution in [0.4, 0.5) is 10.5 Å². The minimum absolute atomic E-state index is 0.0260. The lowest BCUT2D eigenvalue weighted by Gasteiger charge is -2.12. The number of hydrogen-bond donors (Lipinski definition) is 1. The molecule has 0 radical (unpaired) electrons. The first-order valence-electron chi connectivity index (χ1n) is 6.88. The van der Waals surface area contributed by atoms with Crippen molar-refractivity contribution in [2.75, 3.05) is 18.5 Å². The summed E-state index contributed by atoms with van der Waals surface area (Å²) in [6.45, 7) is 2.67. The number of carbonyl (C=O) groups is 2. The minimum Gasteiger partial charge on any atom is -0.434 e. The van der Waals surface area contributed by atoms with E-state index in [2.05, 4.69) is 5.32 Å². The summed E-state index contributed by atoms with van der Waals surface area (Å²) in [5, 5.41) is 2.46. The molecule has 1 aliphatic rings. The van der Waals surface area contributed by atoms with Crippen LogP contribution in [0, 0.1) is 0 Å². The maximum Gasteiger partial charge on any atom is 0.415 e. The topological polar surface area (TPSA) is 80.6 Å². The summed E-state index contributed by atoms with van der Waals surface area (Å²) in [6, 6.07) is 5.35. The van der Waals surface area contributed by atoms with Crippen molar-refractivity contribution in [1.29, 1.82) is 0 Å². The van der Waals surface area contributed by atoms with Crippen molar-refractivity contribution in [3.05, 3.63) is 27.9 Å². The second-order valence-corrected chi connectivity index (χ2v) is 5.85. The third-order valence-electron chi connectivity index (χ3n) is 3.63. The summed E-state index contributed by atoms with van der Waals surface area (Å²) in [5.74, 6) is -0.335. The number of aromatic nitrogens is 1. The Morgan fingerprint density at radius 1 is 1.45 bits per heavy atom. The van der Waals surface area contributed by atoms with E-state index in [-0.39, 0.29) is 17.3 Å². The molecule has 2 heterocycles. The van der Waals surface area contributed by atoms with Gasteiger partial charge < -0.3 is 10.1 Å². The Morgan fingerprint density at radius 2 is 2.23 bits per heavy atom. The molecule has 0 unspecified atom stereocenters. The Kier molecular flexibility index (Phi) is 3.61. The fraction of sp³-hybridized carbons (Fsp3) is 0.357. The number of anilines is 1. The van der Waals surface area contributed by atoms with Gasteiger partial charge in [-0.25, -0.2) is 4.79 Å². The summed E-state index contributed by atoms with van der Waals surface area (Å²) < 4.78 is 7.54. The van der Waals surface area contributed by atoms with Gasteiger partial charge in [0, 0.05) is 19.3 Å². The van der Waals surface area contributed by atoms with E-state index in [1.807, 2.05) is 13.0 Å². The van der Waals surface area contributed by atoms with E-state index < -0.39 is 12.2 Å². The first-order valence-corrected chi connectivity index (χ1v) is 7.70. The standard InChI is InChI=1S/C14H15N3O4S/c1-3-16-9-5-4-8(6-11(9)22-14(16)20)17-7-10(12(18)15-2)21-13(17)19/h4-6,10H,3,7H2,1-2H3,(H,15,18)/t10-/m1/s1. The summed E-state index contributed by atoms with van der Waals surface area (Å²) in [5.41, 5.74) is 1.46. The molecule has 7 nitrogen and oxygen atoms in total. The van der Waals surface area contributed by atoms with Crippen molar-refractivity contribution in [2.45, 2.75) is 19.6 Å². The molecule has 1 fully saturated rings. The Balaban J connectivity index is 1.96. The Bertz CT molecular complexity index is 810. The normalized spacial score (nSPS) is 17.8. The summed E-state index contributed by atoms with van der Waals surface area (Å²) in [6.07, 6.45) is -1.37. The lowest BCUT2D eigenvalue weighted by Crippen LogP contribution is -2.35. The van der Waals surface area contributed by atoms with Gasteiger partial charge in [-0.1, -0.05) is 11.3 Å². The third kappa shape index (κ3) is 2.25. The Hall–Kier alpha value is -2.35.